The number of aryl methyl sites for hydroxylation is 1. The van der Waals surface area contributed by atoms with Crippen LogP contribution in [0.25, 0.3) is 11.0 Å². The molecule has 1 amide bonds. The molecule has 0 aliphatic rings. The summed E-state index contributed by atoms with van der Waals surface area (Å²) in [5.74, 6) is 0.563. The smallest absolute Gasteiger partial charge is 0.220 e. The molecule has 0 bridgehead atoms. The number of halogens is 1. The molecule has 5 nitrogen and oxygen atoms in total. The van der Waals surface area contributed by atoms with Crippen molar-refractivity contribution in [1.29, 1.82) is 0 Å². The van der Waals surface area contributed by atoms with Crippen molar-refractivity contribution in [3.8, 4) is 0 Å². The van der Waals surface area contributed by atoms with Crippen LogP contribution in [0.2, 0.25) is 0 Å². The van der Waals surface area contributed by atoms with Gasteiger partial charge in [0.05, 0.1) is 23.3 Å². The molecule has 1 atom stereocenters. The van der Waals surface area contributed by atoms with E-state index in [-0.39, 0.29) is 17.8 Å². The monoisotopic (exact) mass is 430 g/mol. The van der Waals surface area contributed by atoms with Crippen LogP contribution in [0.15, 0.2) is 73.1 Å². The molecule has 0 aliphatic heterocycles. The minimum atomic E-state index is -0.261. The van der Waals surface area contributed by atoms with Crippen LogP contribution in [-0.2, 0) is 17.8 Å². The molecule has 4 rings (SSSR count). The Hall–Kier alpha value is -3.54. The van der Waals surface area contributed by atoms with Crippen LogP contribution in [0, 0.1) is 5.82 Å². The summed E-state index contributed by atoms with van der Waals surface area (Å²) in [4.78, 5) is 21.8. The van der Waals surface area contributed by atoms with E-state index in [1.54, 1.807) is 24.5 Å². The Labute approximate surface area is 187 Å². The highest BCUT2D eigenvalue weighted by molar-refractivity contribution is 5.77. The average molecular weight is 431 g/mol. The summed E-state index contributed by atoms with van der Waals surface area (Å²) in [6.45, 7) is 2.66. The van der Waals surface area contributed by atoms with Crippen LogP contribution in [0.3, 0.4) is 0 Å². The lowest BCUT2D eigenvalue weighted by atomic mass is 10.0. The normalized spacial score (nSPS) is 12.1. The predicted octanol–water partition coefficient (Wildman–Crippen LogP) is 5.21. The Morgan fingerprint density at radius 3 is 2.62 bits per heavy atom. The van der Waals surface area contributed by atoms with Gasteiger partial charge in [-0.15, -0.1) is 0 Å². The van der Waals surface area contributed by atoms with Crippen LogP contribution >= 0.6 is 0 Å². The number of aromatic nitrogens is 3. The number of carbonyl (C=O) groups is 1. The molecule has 6 heteroatoms. The van der Waals surface area contributed by atoms with Gasteiger partial charge in [-0.2, -0.15) is 0 Å². The lowest BCUT2D eigenvalue weighted by Gasteiger charge is -2.18. The zero-order chi connectivity index (χ0) is 22.3. The first-order chi connectivity index (χ1) is 15.6. The minimum absolute atomic E-state index is 0.00539. The Morgan fingerprint density at radius 2 is 1.88 bits per heavy atom. The first-order valence-electron chi connectivity index (χ1n) is 11.0. The lowest BCUT2D eigenvalue weighted by Crippen LogP contribution is -2.29. The van der Waals surface area contributed by atoms with Gasteiger partial charge in [0.25, 0.3) is 0 Å². The molecule has 2 aromatic carbocycles. The van der Waals surface area contributed by atoms with Gasteiger partial charge in [0.15, 0.2) is 0 Å². The average Bonchev–Trinajstić information content (AvgIpc) is 3.17. The highest BCUT2D eigenvalue weighted by atomic mass is 19.1. The number of hydrogen-bond acceptors (Lipinski definition) is 3. The first-order valence-corrected chi connectivity index (χ1v) is 11.0. The molecule has 0 saturated carbocycles. The van der Waals surface area contributed by atoms with Gasteiger partial charge in [0.2, 0.25) is 5.91 Å². The highest BCUT2D eigenvalue weighted by Gasteiger charge is 2.16. The number of nitrogens with zero attached hydrogens (tertiary/aromatic N) is 3. The molecule has 2 aromatic heterocycles. The molecule has 0 spiro atoms. The second-order valence-electron chi connectivity index (χ2n) is 7.92. The number of benzene rings is 2. The topological polar surface area (TPSA) is 59.8 Å². The summed E-state index contributed by atoms with van der Waals surface area (Å²) in [7, 11) is 0. The number of imidazole rings is 1. The molecule has 0 radical (unpaired) electrons. The summed E-state index contributed by atoms with van der Waals surface area (Å²) < 4.78 is 15.4. The molecule has 0 aliphatic carbocycles. The van der Waals surface area contributed by atoms with Gasteiger partial charge in [0.1, 0.15) is 11.6 Å². The number of carbonyl (C=O) groups excluding carboxylic acids is 1. The van der Waals surface area contributed by atoms with Gasteiger partial charge in [-0.25, -0.2) is 9.37 Å². The zero-order valence-electron chi connectivity index (χ0n) is 18.2. The summed E-state index contributed by atoms with van der Waals surface area (Å²) in [5.41, 5.74) is 3.83. The van der Waals surface area contributed by atoms with Gasteiger partial charge in [-0.05, 0) is 35.7 Å². The van der Waals surface area contributed by atoms with E-state index < -0.39 is 0 Å². The van der Waals surface area contributed by atoms with E-state index in [0.717, 1.165) is 40.8 Å². The third kappa shape index (κ3) is 5.19. The number of rotatable bonds is 9. The molecule has 1 N–H and O–H groups in total. The number of nitrogens with one attached hydrogen (secondary N) is 1. The van der Waals surface area contributed by atoms with Crippen molar-refractivity contribution in [1.82, 2.24) is 19.9 Å². The minimum Gasteiger partial charge on any atom is -0.349 e. The molecular formula is C26H27FN4O. The number of amides is 1. The van der Waals surface area contributed by atoms with E-state index in [1.807, 2.05) is 24.3 Å². The quantitative estimate of drug-likeness (QED) is 0.397. The molecule has 1 unspecified atom stereocenters. The Balaban J connectivity index is 1.50. The summed E-state index contributed by atoms with van der Waals surface area (Å²) >= 11 is 0. The van der Waals surface area contributed by atoms with Crippen molar-refractivity contribution in [2.24, 2.45) is 0 Å². The van der Waals surface area contributed by atoms with E-state index in [9.17, 15) is 9.18 Å². The molecule has 0 saturated heterocycles. The first kappa shape index (κ1) is 21.7. The standard InChI is InChI=1S/C26H27FN4O/c1-2-6-22(20-7-4-3-5-8-20)30-26(32)14-13-25-29-23-15-16-28-17-24(23)31(25)18-19-9-11-21(27)12-10-19/h3-5,7-12,15-17,22H,2,6,13-14,18H2,1H3,(H,30,32). The van der Waals surface area contributed by atoms with Crippen LogP contribution in [-0.4, -0.2) is 20.4 Å². The fraction of sp³-hybridized carbons (Fsp3) is 0.269. The van der Waals surface area contributed by atoms with Crippen LogP contribution in [0.5, 0.6) is 0 Å². The molecular weight excluding hydrogens is 403 g/mol. The fourth-order valence-electron chi connectivity index (χ4n) is 3.95. The summed E-state index contributed by atoms with van der Waals surface area (Å²) in [5, 5.41) is 3.18. The van der Waals surface area contributed by atoms with Crippen LogP contribution in [0.1, 0.15) is 49.2 Å². The molecule has 4 aromatic rings. The third-order valence-corrected chi connectivity index (χ3v) is 5.57. The maximum absolute atomic E-state index is 13.3. The van der Waals surface area contributed by atoms with E-state index in [0.29, 0.717) is 19.4 Å². The largest absolute Gasteiger partial charge is 0.349 e. The van der Waals surface area contributed by atoms with E-state index >= 15 is 0 Å². The van der Waals surface area contributed by atoms with Crippen molar-refractivity contribution < 1.29 is 9.18 Å². The van der Waals surface area contributed by atoms with Gasteiger partial charge in [-0.1, -0.05) is 55.8 Å². The van der Waals surface area contributed by atoms with E-state index in [1.165, 1.54) is 12.1 Å². The van der Waals surface area contributed by atoms with Crippen molar-refractivity contribution >= 4 is 16.9 Å². The Morgan fingerprint density at radius 1 is 1.09 bits per heavy atom. The summed E-state index contributed by atoms with van der Waals surface area (Å²) in [6, 6.07) is 18.4. The van der Waals surface area contributed by atoms with Gasteiger partial charge < -0.3 is 9.88 Å². The maximum Gasteiger partial charge on any atom is 0.220 e. The fourth-order valence-corrected chi connectivity index (χ4v) is 3.95. The van der Waals surface area contributed by atoms with Crippen LogP contribution in [0.4, 0.5) is 4.39 Å². The molecule has 0 fully saturated rings. The number of hydrogen-bond donors (Lipinski definition) is 1. The molecule has 164 valence electrons. The molecule has 32 heavy (non-hydrogen) atoms. The van der Waals surface area contributed by atoms with Crippen LogP contribution < -0.4 is 5.32 Å². The lowest BCUT2D eigenvalue weighted by molar-refractivity contribution is -0.121. The van der Waals surface area contributed by atoms with Gasteiger partial charge >= 0.3 is 0 Å². The summed E-state index contributed by atoms with van der Waals surface area (Å²) in [6.07, 6.45) is 6.22. The molecule has 2 heterocycles. The second-order valence-corrected chi connectivity index (χ2v) is 7.92. The number of fused-ring (bicyclic) bond motifs is 1. The van der Waals surface area contributed by atoms with Crippen molar-refractivity contribution in [2.45, 2.75) is 45.2 Å². The van der Waals surface area contributed by atoms with E-state index in [2.05, 4.69) is 33.9 Å². The third-order valence-electron chi connectivity index (χ3n) is 5.57. The van der Waals surface area contributed by atoms with Crippen molar-refractivity contribution in [3.63, 3.8) is 0 Å². The van der Waals surface area contributed by atoms with Crippen molar-refractivity contribution in [2.75, 3.05) is 0 Å². The van der Waals surface area contributed by atoms with E-state index in [4.69, 9.17) is 4.98 Å². The number of pyridine rings is 1. The SMILES string of the molecule is CCCC(NC(=O)CCc1nc2ccncc2n1Cc1ccc(F)cc1)c1ccccc1. The highest BCUT2D eigenvalue weighted by Crippen LogP contribution is 2.20. The van der Waals surface area contributed by atoms with Gasteiger partial charge in [-0.3, -0.25) is 9.78 Å². The maximum atomic E-state index is 13.3. The Bertz CT molecular complexity index is 1170. The second kappa shape index (κ2) is 10.2. The zero-order valence-corrected chi connectivity index (χ0v) is 18.2. The van der Waals surface area contributed by atoms with Gasteiger partial charge in [0, 0.05) is 25.6 Å². The van der Waals surface area contributed by atoms with Crippen molar-refractivity contribution in [3.05, 3.63) is 95.8 Å². The predicted molar refractivity (Wildman–Crippen MR) is 124 cm³/mol. The Kier molecular flexibility index (Phi) is 6.90.